The maximum atomic E-state index is 13.0. The van der Waals surface area contributed by atoms with Crippen LogP contribution in [-0.4, -0.2) is 39.8 Å². The molecule has 0 unspecified atom stereocenters. The molecule has 0 bridgehead atoms. The molecule has 0 N–H and O–H groups in total. The summed E-state index contributed by atoms with van der Waals surface area (Å²) >= 11 is 8.51. The van der Waals surface area contributed by atoms with E-state index in [1.165, 1.54) is 0 Å². The van der Waals surface area contributed by atoms with E-state index < -0.39 is 0 Å². The van der Waals surface area contributed by atoms with Gasteiger partial charge in [0.15, 0.2) is 5.65 Å². The van der Waals surface area contributed by atoms with Crippen LogP contribution in [-0.2, 0) is 11.3 Å². The lowest BCUT2D eigenvalue weighted by molar-refractivity contribution is 0.122. The summed E-state index contributed by atoms with van der Waals surface area (Å²) in [7, 11) is 1.56. The molecule has 4 heterocycles. The van der Waals surface area contributed by atoms with Crippen molar-refractivity contribution in [2.75, 3.05) is 31.2 Å². The molecule has 3 aromatic heterocycles. The topological polar surface area (TPSA) is 52.3 Å². The molecule has 1 aliphatic rings. The molecule has 9 heteroatoms. The largest absolute Gasteiger partial charge is 0.378 e. The number of aryl methyl sites for hydroxylation is 1. The number of anilines is 1. The van der Waals surface area contributed by atoms with Gasteiger partial charge in [0.05, 0.1) is 31.6 Å². The lowest BCUT2D eigenvalue weighted by atomic mass is 10.1. The van der Waals surface area contributed by atoms with Gasteiger partial charge in [-0.1, -0.05) is 23.7 Å². The minimum Gasteiger partial charge on any atom is -0.378 e. The molecule has 1 fully saturated rings. The van der Waals surface area contributed by atoms with Crippen molar-refractivity contribution in [2.45, 2.75) is 13.5 Å². The molecule has 6 nitrogen and oxygen atoms in total. The monoisotopic (exact) mass is 592 g/mol. The summed E-state index contributed by atoms with van der Waals surface area (Å²) in [5, 5.41) is 1.75. The highest BCUT2D eigenvalue weighted by molar-refractivity contribution is 14.2. The van der Waals surface area contributed by atoms with Crippen molar-refractivity contribution >= 4 is 58.6 Å². The minimum atomic E-state index is -0.0514. The molecule has 5 rings (SSSR count). The number of hydrogen-bond acceptors (Lipinski definition) is 5. The van der Waals surface area contributed by atoms with E-state index in [9.17, 15) is 4.79 Å². The molecule has 0 radical (unpaired) electrons. The number of halogens is 2. The molecule has 0 spiro atoms. The van der Waals surface area contributed by atoms with Crippen LogP contribution in [0.25, 0.3) is 22.2 Å². The number of rotatable bonds is 5. The first-order valence-corrected chi connectivity index (χ1v) is 14.3. The Morgan fingerprint density at radius 2 is 2.00 bits per heavy atom. The van der Waals surface area contributed by atoms with Crippen LogP contribution in [0.5, 0.6) is 0 Å². The lowest BCUT2D eigenvalue weighted by Crippen LogP contribution is -2.36. The molecule has 0 amide bonds. The van der Waals surface area contributed by atoms with E-state index >= 15 is 0 Å². The van der Waals surface area contributed by atoms with Crippen molar-refractivity contribution in [1.29, 1.82) is 0 Å². The quantitative estimate of drug-likeness (QED) is 0.284. The number of aromatic nitrogens is 3. The third kappa shape index (κ3) is 4.66. The zero-order valence-corrected chi connectivity index (χ0v) is 21.7. The van der Waals surface area contributed by atoms with Crippen molar-refractivity contribution in [3.63, 3.8) is 0 Å². The second kappa shape index (κ2) is 9.69. The van der Waals surface area contributed by atoms with Crippen molar-refractivity contribution in [2.24, 2.45) is 0 Å². The smallest absolute Gasteiger partial charge is 0.251 e. The molecule has 1 saturated heterocycles. The summed E-state index contributed by atoms with van der Waals surface area (Å²) in [5.41, 5.74) is 5.82. The Hall–Kier alpha value is -2.01. The Labute approximate surface area is 213 Å². The molecule has 0 saturated carbocycles. The number of ether oxygens (including phenoxy) is 1. The van der Waals surface area contributed by atoms with Crippen molar-refractivity contribution < 1.29 is 4.74 Å². The Morgan fingerprint density at radius 1 is 1.18 bits per heavy atom. The van der Waals surface area contributed by atoms with Gasteiger partial charge in [-0.3, -0.25) is 8.77 Å². The predicted octanol–water partition coefficient (Wildman–Crippen LogP) is 5.56. The average molecular weight is 593 g/mol. The van der Waals surface area contributed by atoms with E-state index in [4.69, 9.17) is 21.3 Å². The van der Waals surface area contributed by atoms with Gasteiger partial charge in [-0.15, -0.1) is 0 Å². The first-order valence-electron chi connectivity index (χ1n) is 10.6. The molecule has 1 aromatic carbocycles. The fourth-order valence-corrected chi connectivity index (χ4v) is 5.54. The maximum Gasteiger partial charge on any atom is 0.251 e. The van der Waals surface area contributed by atoms with Crippen molar-refractivity contribution in [3.05, 3.63) is 81.5 Å². The zero-order valence-electron chi connectivity index (χ0n) is 18.0. The lowest BCUT2D eigenvalue weighted by Gasteiger charge is -2.28. The third-order valence-corrected chi connectivity index (χ3v) is 8.05. The van der Waals surface area contributed by atoms with Gasteiger partial charge in [-0.2, -0.15) is 0 Å². The Balaban J connectivity index is 1.51. The van der Waals surface area contributed by atoms with Gasteiger partial charge in [0.1, 0.15) is 0 Å². The van der Waals surface area contributed by atoms with E-state index in [2.05, 4.69) is 38.4 Å². The number of nitrogens with zero attached hydrogens (tertiary/aromatic N) is 4. The average Bonchev–Trinajstić information content (AvgIpc) is 3.21. The van der Waals surface area contributed by atoms with Crippen LogP contribution in [0.3, 0.4) is 0 Å². The van der Waals surface area contributed by atoms with E-state index in [0.717, 1.165) is 65.3 Å². The van der Waals surface area contributed by atoms with Gasteiger partial charge in [-0.25, -0.2) is 4.98 Å². The van der Waals surface area contributed by atoms with E-state index in [1.54, 1.807) is 19.8 Å². The van der Waals surface area contributed by atoms with Gasteiger partial charge >= 0.3 is 0 Å². The summed E-state index contributed by atoms with van der Waals surface area (Å²) in [6.07, 6.45) is 5.83. The fourth-order valence-electron chi connectivity index (χ4n) is 4.08. The third-order valence-electron chi connectivity index (χ3n) is 5.94. The van der Waals surface area contributed by atoms with Crippen LogP contribution in [0, 0.1) is 6.92 Å². The van der Waals surface area contributed by atoms with Crippen LogP contribution >= 0.6 is 41.9 Å². The van der Waals surface area contributed by atoms with Crippen molar-refractivity contribution in [3.8, 4) is 11.1 Å². The van der Waals surface area contributed by atoms with E-state index in [0.29, 0.717) is 11.6 Å². The van der Waals surface area contributed by atoms with Crippen LogP contribution in [0.15, 0.2) is 59.8 Å². The first kappa shape index (κ1) is 22.8. The molecule has 170 valence electrons. The number of hydrogen-bond donors (Lipinski definition) is 0. The Bertz CT molecular complexity index is 1380. The minimum absolute atomic E-state index is 0.0514. The summed E-state index contributed by atoms with van der Waals surface area (Å²) in [6.45, 7) is 5.59. The second-order valence-electron chi connectivity index (χ2n) is 8.07. The van der Waals surface area contributed by atoms with Crippen molar-refractivity contribution in [1.82, 2.24) is 13.5 Å². The molecule has 4 aromatic rings. The summed E-state index contributed by atoms with van der Waals surface area (Å²) in [4.78, 5) is 20.0. The van der Waals surface area contributed by atoms with Crippen LogP contribution in [0.4, 0.5) is 5.69 Å². The normalized spacial score (nSPS) is 14.2. The highest BCUT2D eigenvalue weighted by Gasteiger charge is 2.17. The Morgan fingerprint density at radius 3 is 2.73 bits per heavy atom. The molecule has 1 aliphatic heterocycles. The zero-order chi connectivity index (χ0) is 22.9. The van der Waals surface area contributed by atoms with E-state index in [1.807, 2.05) is 47.6 Å². The highest BCUT2D eigenvalue weighted by Crippen LogP contribution is 2.35. The van der Waals surface area contributed by atoms with Gasteiger partial charge in [0, 0.05) is 77.8 Å². The van der Waals surface area contributed by atoms with Crippen LogP contribution < -0.4 is 10.5 Å². The maximum absolute atomic E-state index is 13.0. The predicted molar refractivity (Wildman–Crippen MR) is 145 cm³/mol. The summed E-state index contributed by atoms with van der Waals surface area (Å²) < 4.78 is 9.23. The van der Waals surface area contributed by atoms with Gasteiger partial charge in [0.25, 0.3) is 5.56 Å². The fraction of sp³-hybridized carbons (Fsp3) is 0.250. The summed E-state index contributed by atoms with van der Waals surface area (Å²) in [6, 6.07) is 11.8. The molecular weight excluding hydrogens is 571 g/mol. The number of fused-ring (bicyclic) bond motifs is 1. The first-order chi connectivity index (χ1) is 16.0. The number of pyridine rings is 2. The van der Waals surface area contributed by atoms with Gasteiger partial charge in [-0.05, 0) is 41.8 Å². The molecule has 33 heavy (non-hydrogen) atoms. The Kier molecular flexibility index (Phi) is 6.69. The number of morpholine rings is 1. The SMILES string of the molecule is Cc1ccc(Cn2ccc(-c3cn(SI)c4ncc(N5CCOCC5)cc34)cc2=O)cc1Cl. The van der Waals surface area contributed by atoms with Crippen LogP contribution in [0.2, 0.25) is 5.02 Å². The number of benzene rings is 1. The summed E-state index contributed by atoms with van der Waals surface area (Å²) in [5.74, 6) is 0. The highest BCUT2D eigenvalue weighted by atomic mass is 127. The van der Waals surface area contributed by atoms with Crippen LogP contribution in [0.1, 0.15) is 11.1 Å². The molecule has 0 aliphatic carbocycles. The second-order valence-corrected chi connectivity index (χ2v) is 10.2. The standard InChI is InChI=1S/C24H22ClIN4O2S/c1-16-2-3-17(10-22(16)25)14-29-5-4-18(11-23(29)31)21-15-30(33-26)24-20(21)12-19(13-27-24)28-6-8-32-9-7-28/h2-5,10-13,15H,6-9,14H2,1H3. The van der Waals surface area contributed by atoms with Gasteiger partial charge < -0.3 is 14.2 Å². The molecule has 0 atom stereocenters. The van der Waals surface area contributed by atoms with E-state index in [-0.39, 0.29) is 5.56 Å². The van der Waals surface area contributed by atoms with Gasteiger partial charge in [0.2, 0.25) is 0 Å². The molecular formula is C24H22ClIN4O2S.